The molecule has 0 atom stereocenters. The first-order valence-corrected chi connectivity index (χ1v) is 5.75. The predicted octanol–water partition coefficient (Wildman–Crippen LogP) is 2.72. The Labute approximate surface area is 100 Å². The highest BCUT2D eigenvalue weighted by Gasteiger charge is 2.39. The number of hydrogen-bond donors (Lipinski definition) is 1. The minimum atomic E-state index is -0.229. The van der Waals surface area contributed by atoms with Gasteiger partial charge in [0.1, 0.15) is 5.82 Å². The fraction of sp³-hybridized carbons (Fsp3) is 0.500. The van der Waals surface area contributed by atoms with Gasteiger partial charge in [-0.25, -0.2) is 4.39 Å². The average molecular weight is 243 g/mol. The smallest absolute Gasteiger partial charge is 0.128 e. The molecule has 4 heteroatoms. The molecule has 0 heterocycles. The van der Waals surface area contributed by atoms with Crippen LogP contribution in [0.5, 0.6) is 0 Å². The molecule has 1 fully saturated rings. The molecule has 0 spiro atoms. The molecule has 1 saturated carbocycles. The first-order valence-electron chi connectivity index (χ1n) is 5.37. The molecule has 2 N–H and O–H groups in total. The highest BCUT2D eigenvalue weighted by molar-refractivity contribution is 6.33. The van der Waals surface area contributed by atoms with Crippen molar-refractivity contribution < 1.29 is 4.39 Å². The molecule has 16 heavy (non-hydrogen) atoms. The lowest BCUT2D eigenvalue weighted by atomic mass is 10.2. The lowest BCUT2D eigenvalue weighted by Gasteiger charge is -2.24. The van der Waals surface area contributed by atoms with Gasteiger partial charge in [0, 0.05) is 19.1 Å². The maximum Gasteiger partial charge on any atom is 0.128 e. The van der Waals surface area contributed by atoms with Gasteiger partial charge < -0.3 is 10.6 Å². The number of hydrogen-bond acceptors (Lipinski definition) is 2. The van der Waals surface area contributed by atoms with Gasteiger partial charge in [-0.1, -0.05) is 11.6 Å². The van der Waals surface area contributed by atoms with E-state index in [2.05, 4.69) is 0 Å². The fourth-order valence-corrected chi connectivity index (χ4v) is 2.17. The fourth-order valence-electron chi connectivity index (χ4n) is 1.80. The van der Waals surface area contributed by atoms with Gasteiger partial charge in [-0.15, -0.1) is 0 Å². The lowest BCUT2D eigenvalue weighted by molar-refractivity contribution is 0.615. The summed E-state index contributed by atoms with van der Waals surface area (Å²) in [5, 5.41) is 0.575. The second-order valence-corrected chi connectivity index (χ2v) is 5.18. The van der Waals surface area contributed by atoms with Gasteiger partial charge in [0.25, 0.3) is 0 Å². The highest BCUT2D eigenvalue weighted by Crippen LogP contribution is 2.35. The number of anilines is 1. The van der Waals surface area contributed by atoms with Crippen LogP contribution >= 0.6 is 11.6 Å². The first kappa shape index (κ1) is 11.7. The standard InChI is InChI=1S/C12H16ClFN2/c1-8-5-9(13)11(6-10(8)14)16(2)7-12(15)3-4-12/h5-6H,3-4,7,15H2,1-2H3. The summed E-state index contributed by atoms with van der Waals surface area (Å²) < 4.78 is 13.5. The first-order chi connectivity index (χ1) is 7.41. The Morgan fingerprint density at radius 1 is 1.50 bits per heavy atom. The second kappa shape index (κ2) is 3.90. The summed E-state index contributed by atoms with van der Waals surface area (Å²) in [5.74, 6) is -0.229. The van der Waals surface area contributed by atoms with Gasteiger partial charge in [0.2, 0.25) is 0 Å². The highest BCUT2D eigenvalue weighted by atomic mass is 35.5. The summed E-state index contributed by atoms with van der Waals surface area (Å²) in [7, 11) is 1.89. The third kappa shape index (κ3) is 2.30. The molecule has 0 amide bonds. The average Bonchev–Trinajstić information content (AvgIpc) is 2.89. The van der Waals surface area contributed by atoms with Crippen molar-refractivity contribution in [1.82, 2.24) is 0 Å². The molecule has 0 unspecified atom stereocenters. The van der Waals surface area contributed by atoms with E-state index in [9.17, 15) is 4.39 Å². The molecule has 88 valence electrons. The maximum absolute atomic E-state index is 13.5. The van der Waals surface area contributed by atoms with Gasteiger partial charge in [-0.05, 0) is 37.5 Å². The van der Waals surface area contributed by atoms with E-state index in [4.69, 9.17) is 17.3 Å². The SMILES string of the molecule is Cc1cc(Cl)c(N(C)CC2(N)CC2)cc1F. The zero-order valence-corrected chi connectivity index (χ0v) is 10.3. The van der Waals surface area contributed by atoms with Gasteiger partial charge in [0.15, 0.2) is 0 Å². The summed E-state index contributed by atoms with van der Waals surface area (Å²) >= 11 is 6.10. The van der Waals surface area contributed by atoms with Crippen molar-refractivity contribution in [2.45, 2.75) is 25.3 Å². The Morgan fingerprint density at radius 3 is 2.69 bits per heavy atom. The minimum Gasteiger partial charge on any atom is -0.371 e. The third-order valence-corrected chi connectivity index (χ3v) is 3.39. The number of nitrogens with two attached hydrogens (primary N) is 1. The van der Waals surface area contributed by atoms with Crippen LogP contribution in [0, 0.1) is 12.7 Å². The summed E-state index contributed by atoms with van der Waals surface area (Å²) in [5.41, 5.74) is 7.20. The Balaban J connectivity index is 2.22. The summed E-state index contributed by atoms with van der Waals surface area (Å²) in [6.45, 7) is 2.42. The number of aryl methyl sites for hydroxylation is 1. The summed E-state index contributed by atoms with van der Waals surface area (Å²) in [6, 6.07) is 3.13. The van der Waals surface area contributed by atoms with Crippen molar-refractivity contribution in [2.24, 2.45) is 5.73 Å². The molecule has 1 aliphatic carbocycles. The lowest BCUT2D eigenvalue weighted by Crippen LogP contribution is -2.37. The molecule has 0 radical (unpaired) electrons. The molecule has 0 bridgehead atoms. The van der Waals surface area contributed by atoms with E-state index in [1.807, 2.05) is 11.9 Å². The van der Waals surface area contributed by atoms with E-state index in [0.717, 1.165) is 19.4 Å². The normalized spacial score (nSPS) is 17.3. The van der Waals surface area contributed by atoms with Crippen molar-refractivity contribution in [3.63, 3.8) is 0 Å². The van der Waals surface area contributed by atoms with Gasteiger partial charge in [0.05, 0.1) is 10.7 Å². The minimum absolute atomic E-state index is 0.0978. The zero-order valence-electron chi connectivity index (χ0n) is 9.56. The van der Waals surface area contributed by atoms with Crippen LogP contribution in [0.25, 0.3) is 0 Å². The maximum atomic E-state index is 13.5. The summed E-state index contributed by atoms with van der Waals surface area (Å²) in [4.78, 5) is 1.93. The zero-order chi connectivity index (χ0) is 11.9. The topological polar surface area (TPSA) is 29.3 Å². The number of likely N-dealkylation sites (N-methyl/N-ethyl adjacent to an activating group) is 1. The van der Waals surface area contributed by atoms with Crippen LogP contribution in [0.3, 0.4) is 0 Å². The van der Waals surface area contributed by atoms with Crippen molar-refractivity contribution in [2.75, 3.05) is 18.5 Å². The molecule has 0 aromatic heterocycles. The Kier molecular flexibility index (Phi) is 2.84. The van der Waals surface area contributed by atoms with Crippen LogP contribution in [-0.4, -0.2) is 19.1 Å². The van der Waals surface area contributed by atoms with E-state index < -0.39 is 0 Å². The van der Waals surface area contributed by atoms with Crippen molar-refractivity contribution >= 4 is 17.3 Å². The molecule has 2 nitrogen and oxygen atoms in total. The Bertz CT molecular complexity index is 416. The monoisotopic (exact) mass is 242 g/mol. The van der Waals surface area contributed by atoms with E-state index in [-0.39, 0.29) is 11.4 Å². The van der Waals surface area contributed by atoms with Crippen LogP contribution in [0.1, 0.15) is 18.4 Å². The molecule has 1 aromatic carbocycles. The van der Waals surface area contributed by atoms with Gasteiger partial charge in [-0.3, -0.25) is 0 Å². The van der Waals surface area contributed by atoms with Gasteiger partial charge in [-0.2, -0.15) is 0 Å². The Morgan fingerprint density at radius 2 is 2.12 bits per heavy atom. The second-order valence-electron chi connectivity index (χ2n) is 4.77. The van der Waals surface area contributed by atoms with E-state index in [0.29, 0.717) is 16.3 Å². The van der Waals surface area contributed by atoms with E-state index >= 15 is 0 Å². The quantitative estimate of drug-likeness (QED) is 0.883. The third-order valence-electron chi connectivity index (χ3n) is 3.08. The number of nitrogens with zero attached hydrogens (tertiary/aromatic N) is 1. The summed E-state index contributed by atoms with van der Waals surface area (Å²) in [6.07, 6.45) is 2.06. The molecule has 1 aromatic rings. The van der Waals surface area contributed by atoms with Crippen LogP contribution in [0.15, 0.2) is 12.1 Å². The molecule has 2 rings (SSSR count). The predicted molar refractivity (Wildman–Crippen MR) is 65.6 cm³/mol. The molecule has 0 aliphatic heterocycles. The van der Waals surface area contributed by atoms with Crippen LogP contribution in [0.2, 0.25) is 5.02 Å². The van der Waals surface area contributed by atoms with E-state index in [1.54, 1.807) is 13.0 Å². The van der Waals surface area contributed by atoms with Crippen molar-refractivity contribution in [1.29, 1.82) is 0 Å². The van der Waals surface area contributed by atoms with E-state index in [1.165, 1.54) is 6.07 Å². The van der Waals surface area contributed by atoms with Crippen LogP contribution in [0.4, 0.5) is 10.1 Å². The van der Waals surface area contributed by atoms with Crippen LogP contribution in [-0.2, 0) is 0 Å². The number of rotatable bonds is 3. The van der Waals surface area contributed by atoms with Crippen molar-refractivity contribution in [3.8, 4) is 0 Å². The molecule has 1 aliphatic rings. The number of halogens is 2. The number of benzene rings is 1. The van der Waals surface area contributed by atoms with Crippen molar-refractivity contribution in [3.05, 3.63) is 28.5 Å². The Hall–Kier alpha value is -0.800. The van der Waals surface area contributed by atoms with Crippen LogP contribution < -0.4 is 10.6 Å². The molecular weight excluding hydrogens is 227 g/mol. The molecular formula is C12H16ClFN2. The van der Waals surface area contributed by atoms with Gasteiger partial charge >= 0.3 is 0 Å². The largest absolute Gasteiger partial charge is 0.371 e. The molecule has 0 saturated heterocycles.